The van der Waals surface area contributed by atoms with Gasteiger partial charge in [-0.1, -0.05) is 42.1 Å². The monoisotopic (exact) mass is 472 g/mol. The molecule has 2 N–H and O–H groups in total. The maximum atomic E-state index is 12.8. The molecule has 6 nitrogen and oxygen atoms in total. The molecule has 4 rings (SSSR count). The lowest BCUT2D eigenvalue weighted by Crippen LogP contribution is -2.38. The van der Waals surface area contributed by atoms with Gasteiger partial charge in [-0.05, 0) is 49.4 Å². The fourth-order valence-corrected chi connectivity index (χ4v) is 4.60. The highest BCUT2D eigenvalue weighted by atomic mass is 35.5. The van der Waals surface area contributed by atoms with Gasteiger partial charge in [0.05, 0.1) is 15.6 Å². The second-order valence-electron chi connectivity index (χ2n) is 8.23. The number of aromatic nitrogens is 2. The van der Waals surface area contributed by atoms with Gasteiger partial charge in [0.1, 0.15) is 5.69 Å². The zero-order chi connectivity index (χ0) is 22.5. The smallest absolute Gasteiger partial charge is 0.267 e. The first kappa shape index (κ1) is 22.6. The quantitative estimate of drug-likeness (QED) is 0.456. The molecule has 3 aromatic rings. The van der Waals surface area contributed by atoms with Crippen LogP contribution in [0.2, 0.25) is 10.0 Å². The molecule has 8 heteroatoms. The largest absolute Gasteiger partial charge is 0.351 e. The minimum absolute atomic E-state index is 0.0496. The van der Waals surface area contributed by atoms with E-state index in [2.05, 4.69) is 15.3 Å². The van der Waals surface area contributed by atoms with E-state index >= 15 is 0 Å². The lowest BCUT2D eigenvalue weighted by atomic mass is 9.91. The summed E-state index contributed by atoms with van der Waals surface area (Å²) in [7, 11) is 0. The molecule has 0 saturated carbocycles. The molecule has 2 aromatic heterocycles. The molecule has 0 aliphatic carbocycles. The summed E-state index contributed by atoms with van der Waals surface area (Å²) >= 11 is 12.2. The van der Waals surface area contributed by atoms with Crippen LogP contribution in [0.25, 0.3) is 10.9 Å². The number of rotatable bonds is 7. The van der Waals surface area contributed by atoms with Crippen LogP contribution >= 0.6 is 23.2 Å². The fourth-order valence-electron chi connectivity index (χ4n) is 4.21. The van der Waals surface area contributed by atoms with Gasteiger partial charge >= 0.3 is 0 Å². The van der Waals surface area contributed by atoms with Crippen LogP contribution < -0.4 is 5.32 Å². The molecule has 1 saturated heterocycles. The van der Waals surface area contributed by atoms with Gasteiger partial charge in [-0.15, -0.1) is 0 Å². The summed E-state index contributed by atoms with van der Waals surface area (Å²) in [5.74, 6) is 0.463. The van der Waals surface area contributed by atoms with Crippen molar-refractivity contribution in [3.8, 4) is 0 Å². The number of fused-ring (bicyclic) bond motifs is 1. The summed E-state index contributed by atoms with van der Waals surface area (Å²) in [5.41, 5.74) is 1.94. The van der Waals surface area contributed by atoms with Gasteiger partial charge < -0.3 is 15.2 Å². The number of aromatic amines is 1. The molecule has 0 unspecified atom stereocenters. The van der Waals surface area contributed by atoms with Crippen LogP contribution in [0, 0.1) is 5.92 Å². The first-order valence-electron chi connectivity index (χ1n) is 11.0. The van der Waals surface area contributed by atoms with Crippen LogP contribution in [0.1, 0.15) is 53.0 Å². The molecule has 0 bridgehead atoms. The Morgan fingerprint density at radius 1 is 1.16 bits per heavy atom. The van der Waals surface area contributed by atoms with E-state index < -0.39 is 0 Å². The van der Waals surface area contributed by atoms with Crippen LogP contribution in [-0.2, 0) is 0 Å². The van der Waals surface area contributed by atoms with Crippen molar-refractivity contribution in [3.05, 3.63) is 64.0 Å². The van der Waals surface area contributed by atoms with Gasteiger partial charge in [-0.2, -0.15) is 0 Å². The van der Waals surface area contributed by atoms with Crippen molar-refractivity contribution in [2.45, 2.75) is 32.1 Å². The molecule has 0 radical (unpaired) electrons. The van der Waals surface area contributed by atoms with Crippen molar-refractivity contribution in [2.24, 2.45) is 5.92 Å². The highest BCUT2D eigenvalue weighted by Gasteiger charge is 2.25. The summed E-state index contributed by atoms with van der Waals surface area (Å²) in [6.45, 7) is 2.12. The van der Waals surface area contributed by atoms with Crippen LogP contribution in [0.15, 0.2) is 42.7 Å². The Labute approximate surface area is 197 Å². The normalized spacial score (nSPS) is 14.6. The number of halogens is 2. The number of unbranched alkanes of at least 4 members (excludes halogenated alkanes) is 1. The number of benzene rings is 1. The summed E-state index contributed by atoms with van der Waals surface area (Å²) in [5, 5.41) is 4.64. The van der Waals surface area contributed by atoms with Gasteiger partial charge in [-0.25, -0.2) is 0 Å². The third kappa shape index (κ3) is 5.25. The summed E-state index contributed by atoms with van der Waals surface area (Å²) < 4.78 is 0. The Morgan fingerprint density at radius 3 is 2.75 bits per heavy atom. The van der Waals surface area contributed by atoms with Crippen LogP contribution in [0.4, 0.5) is 0 Å². The van der Waals surface area contributed by atoms with E-state index in [0.717, 1.165) is 56.1 Å². The number of carbonyl (C=O) groups is 2. The Hall–Kier alpha value is -2.57. The Morgan fingerprint density at radius 2 is 1.97 bits per heavy atom. The average molecular weight is 473 g/mol. The minimum atomic E-state index is -0.0901. The molecule has 168 valence electrons. The van der Waals surface area contributed by atoms with Crippen molar-refractivity contribution in [1.82, 2.24) is 20.2 Å². The van der Waals surface area contributed by atoms with Crippen molar-refractivity contribution in [3.63, 3.8) is 0 Å². The number of hydrogen-bond donors (Lipinski definition) is 2. The second-order valence-corrected chi connectivity index (χ2v) is 9.02. The van der Waals surface area contributed by atoms with E-state index in [1.807, 2.05) is 17.0 Å². The Kier molecular flexibility index (Phi) is 7.33. The maximum Gasteiger partial charge on any atom is 0.267 e. The standard InChI is InChI=1S/C24H26Cl2N4O2/c25-19-6-3-5-18(22(19)26)24(32)30-12-8-16(9-13-30)4-1-2-10-28-23(31)21-14-17-15-27-11-7-20(17)29-21/h3,5-7,11,14-16,29H,1-2,4,8-10,12-13H2,(H,28,31). The van der Waals surface area contributed by atoms with Crippen molar-refractivity contribution < 1.29 is 9.59 Å². The molecule has 0 atom stereocenters. The van der Waals surface area contributed by atoms with Gasteiger partial charge in [-0.3, -0.25) is 14.6 Å². The van der Waals surface area contributed by atoms with Crippen LogP contribution in [0.5, 0.6) is 0 Å². The van der Waals surface area contributed by atoms with Crippen molar-refractivity contribution >= 4 is 45.9 Å². The number of amides is 2. The topological polar surface area (TPSA) is 78.1 Å². The van der Waals surface area contributed by atoms with Crippen LogP contribution in [-0.4, -0.2) is 46.3 Å². The Bertz CT molecular complexity index is 1070. The van der Waals surface area contributed by atoms with E-state index in [4.69, 9.17) is 23.2 Å². The van der Waals surface area contributed by atoms with Crippen molar-refractivity contribution in [1.29, 1.82) is 0 Å². The zero-order valence-corrected chi connectivity index (χ0v) is 19.3. The molecule has 2 amide bonds. The summed E-state index contributed by atoms with van der Waals surface area (Å²) in [6, 6.07) is 8.84. The molecule has 0 spiro atoms. The molecular weight excluding hydrogens is 447 g/mol. The second kappa shape index (κ2) is 10.4. The number of nitrogens with zero attached hydrogens (tertiary/aromatic N) is 2. The SMILES string of the molecule is O=C(NCCCCC1CCN(C(=O)c2cccc(Cl)c2Cl)CC1)c1cc2cnccc2[nH]1. The number of hydrogen-bond acceptors (Lipinski definition) is 3. The number of nitrogens with one attached hydrogen (secondary N) is 2. The van der Waals surface area contributed by atoms with Crippen molar-refractivity contribution in [2.75, 3.05) is 19.6 Å². The number of pyridine rings is 1. The van der Waals surface area contributed by atoms with E-state index in [-0.39, 0.29) is 11.8 Å². The predicted molar refractivity (Wildman–Crippen MR) is 127 cm³/mol. The third-order valence-electron chi connectivity index (χ3n) is 6.07. The summed E-state index contributed by atoms with van der Waals surface area (Å²) in [6.07, 6.45) is 8.51. The van der Waals surface area contributed by atoms with Gasteiger partial charge in [0.2, 0.25) is 0 Å². The number of piperidine rings is 1. The highest BCUT2D eigenvalue weighted by Crippen LogP contribution is 2.29. The number of H-pyrrole nitrogens is 1. The zero-order valence-electron chi connectivity index (χ0n) is 17.7. The average Bonchev–Trinajstić information content (AvgIpc) is 3.25. The van der Waals surface area contributed by atoms with Gasteiger partial charge in [0, 0.05) is 42.9 Å². The molecular formula is C24H26Cl2N4O2. The Balaban J connectivity index is 1.15. The minimum Gasteiger partial charge on any atom is -0.351 e. The van der Waals surface area contributed by atoms with E-state index in [1.54, 1.807) is 30.6 Å². The number of carbonyl (C=O) groups excluding carboxylic acids is 2. The highest BCUT2D eigenvalue weighted by molar-refractivity contribution is 6.43. The van der Waals surface area contributed by atoms with Crippen LogP contribution in [0.3, 0.4) is 0 Å². The molecule has 3 heterocycles. The number of likely N-dealkylation sites (tertiary alicyclic amines) is 1. The molecule has 1 aliphatic heterocycles. The van der Waals surface area contributed by atoms with E-state index in [0.29, 0.717) is 33.8 Å². The lowest BCUT2D eigenvalue weighted by Gasteiger charge is -2.32. The van der Waals surface area contributed by atoms with Gasteiger partial charge in [0.15, 0.2) is 0 Å². The molecule has 1 aliphatic rings. The molecule has 1 aromatic carbocycles. The first-order valence-corrected chi connectivity index (χ1v) is 11.7. The van der Waals surface area contributed by atoms with E-state index in [1.165, 1.54) is 0 Å². The maximum absolute atomic E-state index is 12.8. The third-order valence-corrected chi connectivity index (χ3v) is 6.89. The predicted octanol–water partition coefficient (Wildman–Crippen LogP) is 5.32. The summed E-state index contributed by atoms with van der Waals surface area (Å²) in [4.78, 5) is 34.1. The molecule has 1 fully saturated rings. The molecule has 32 heavy (non-hydrogen) atoms. The van der Waals surface area contributed by atoms with E-state index in [9.17, 15) is 9.59 Å². The first-order chi connectivity index (χ1) is 15.5. The van der Waals surface area contributed by atoms with Gasteiger partial charge in [0.25, 0.3) is 11.8 Å². The lowest BCUT2D eigenvalue weighted by molar-refractivity contribution is 0.0686. The fraction of sp³-hybridized carbons (Fsp3) is 0.375.